The number of benzene rings is 1. The minimum Gasteiger partial charge on any atom is -0.341 e. The minimum atomic E-state index is -3.36. The van der Waals surface area contributed by atoms with Crippen molar-refractivity contribution in [2.24, 2.45) is 0 Å². The fraction of sp³-hybridized carbons (Fsp3) is 0.400. The van der Waals surface area contributed by atoms with Crippen LogP contribution in [0.15, 0.2) is 24.3 Å². The maximum Gasteiger partial charge on any atom is 0.238 e. The molecular formula is C15H18ClN3O3S. The Morgan fingerprint density at radius 2 is 2.04 bits per heavy atom. The fourth-order valence-corrected chi connectivity index (χ4v) is 3.34. The first-order valence-corrected chi connectivity index (χ1v) is 9.45. The third kappa shape index (κ3) is 3.22. The number of likely N-dealkylation sites (N-methyl/N-ethyl adjacent to an activating group) is 1. The maximum atomic E-state index is 12.3. The molecule has 1 aromatic carbocycles. The summed E-state index contributed by atoms with van der Waals surface area (Å²) < 4.78 is 26.1. The van der Waals surface area contributed by atoms with E-state index in [2.05, 4.69) is 4.57 Å². The number of carbonyl (C=O) groups excluding carboxylic acids is 1. The molecule has 1 amide bonds. The molecule has 23 heavy (non-hydrogen) atoms. The van der Waals surface area contributed by atoms with E-state index in [9.17, 15) is 13.2 Å². The molecule has 0 fully saturated rings. The Bertz CT molecular complexity index is 875. The molecule has 6 nitrogen and oxygen atoms in total. The summed E-state index contributed by atoms with van der Waals surface area (Å²) in [6.07, 6.45) is 1.10. The summed E-state index contributed by atoms with van der Waals surface area (Å²) in [7, 11) is -1.94. The Morgan fingerprint density at radius 3 is 2.74 bits per heavy atom. The van der Waals surface area contributed by atoms with Crippen LogP contribution in [-0.4, -0.2) is 54.5 Å². The molecule has 2 aromatic rings. The number of nitrogens with zero attached hydrogens (tertiary/aromatic N) is 3. The molecule has 0 radical (unpaired) electrons. The third-order valence-electron chi connectivity index (χ3n) is 4.17. The number of hydrogen-bond donors (Lipinski definition) is 0. The molecule has 0 saturated carbocycles. The van der Waals surface area contributed by atoms with Gasteiger partial charge in [0.15, 0.2) is 0 Å². The van der Waals surface area contributed by atoms with Crippen molar-refractivity contribution in [3.05, 3.63) is 35.0 Å². The van der Waals surface area contributed by atoms with Crippen LogP contribution < -0.4 is 0 Å². The average Bonchev–Trinajstić information content (AvgIpc) is 2.82. The Kier molecular flexibility index (Phi) is 4.12. The molecule has 0 aliphatic carbocycles. The smallest absolute Gasteiger partial charge is 0.238 e. The van der Waals surface area contributed by atoms with Gasteiger partial charge in [0.25, 0.3) is 0 Å². The lowest BCUT2D eigenvalue weighted by Gasteiger charge is -2.30. The number of carbonyl (C=O) groups is 1. The van der Waals surface area contributed by atoms with Crippen LogP contribution >= 0.6 is 11.6 Å². The molecule has 0 atom stereocenters. The van der Waals surface area contributed by atoms with Crippen molar-refractivity contribution in [2.45, 2.75) is 13.1 Å². The number of aromatic nitrogens is 1. The summed E-state index contributed by atoms with van der Waals surface area (Å²) in [4.78, 5) is 14.0. The highest BCUT2D eigenvalue weighted by Crippen LogP contribution is 2.26. The van der Waals surface area contributed by atoms with E-state index in [0.29, 0.717) is 24.7 Å². The number of fused-ring (bicyclic) bond motifs is 3. The van der Waals surface area contributed by atoms with Crippen molar-refractivity contribution in [1.82, 2.24) is 13.8 Å². The lowest BCUT2D eigenvalue weighted by atomic mass is 10.2. The molecular weight excluding hydrogens is 338 g/mol. The second kappa shape index (κ2) is 5.81. The van der Waals surface area contributed by atoms with Gasteiger partial charge < -0.3 is 9.47 Å². The van der Waals surface area contributed by atoms with E-state index >= 15 is 0 Å². The highest BCUT2D eigenvalue weighted by atomic mass is 35.5. The van der Waals surface area contributed by atoms with Crippen LogP contribution in [0, 0.1) is 0 Å². The standard InChI is InChI=1S/C15H18ClN3O3S/c1-17(23(2,21)22)10-15(20)18-5-6-19-13(9-18)8-11-7-12(16)3-4-14(11)19/h3-4,7-8H,5-6,9-10H2,1-2H3. The zero-order chi connectivity index (χ0) is 16.8. The molecule has 0 saturated heterocycles. The highest BCUT2D eigenvalue weighted by molar-refractivity contribution is 7.88. The molecule has 1 aromatic heterocycles. The first-order valence-electron chi connectivity index (χ1n) is 7.22. The Morgan fingerprint density at radius 1 is 1.30 bits per heavy atom. The van der Waals surface area contributed by atoms with E-state index in [4.69, 9.17) is 11.6 Å². The molecule has 1 aliphatic rings. The molecule has 0 bridgehead atoms. The summed E-state index contributed by atoms with van der Waals surface area (Å²) in [6, 6.07) is 7.78. The van der Waals surface area contributed by atoms with Gasteiger partial charge in [0.05, 0.1) is 19.3 Å². The average molecular weight is 356 g/mol. The lowest BCUT2D eigenvalue weighted by Crippen LogP contribution is -2.44. The van der Waals surface area contributed by atoms with E-state index in [1.165, 1.54) is 7.05 Å². The van der Waals surface area contributed by atoms with Crippen LogP contribution in [0.1, 0.15) is 5.69 Å². The molecule has 1 aliphatic heterocycles. The van der Waals surface area contributed by atoms with Crippen LogP contribution in [0.2, 0.25) is 5.02 Å². The molecule has 0 spiro atoms. The molecule has 0 unspecified atom stereocenters. The zero-order valence-corrected chi connectivity index (χ0v) is 14.6. The van der Waals surface area contributed by atoms with Crippen molar-refractivity contribution in [3.8, 4) is 0 Å². The quantitative estimate of drug-likeness (QED) is 0.838. The molecule has 124 valence electrons. The van der Waals surface area contributed by atoms with Crippen LogP contribution in [0.25, 0.3) is 10.9 Å². The van der Waals surface area contributed by atoms with Crippen molar-refractivity contribution in [3.63, 3.8) is 0 Å². The Hall–Kier alpha value is -1.57. The summed E-state index contributed by atoms with van der Waals surface area (Å²) >= 11 is 6.03. The number of halogens is 1. The van der Waals surface area contributed by atoms with Crippen molar-refractivity contribution >= 4 is 38.4 Å². The second-order valence-electron chi connectivity index (χ2n) is 5.82. The van der Waals surface area contributed by atoms with Crippen LogP contribution in [0.4, 0.5) is 0 Å². The third-order valence-corrected chi connectivity index (χ3v) is 5.67. The van der Waals surface area contributed by atoms with Crippen LogP contribution in [-0.2, 0) is 27.9 Å². The minimum absolute atomic E-state index is 0.134. The van der Waals surface area contributed by atoms with Gasteiger partial charge >= 0.3 is 0 Å². The van der Waals surface area contributed by atoms with E-state index in [-0.39, 0.29) is 12.5 Å². The van der Waals surface area contributed by atoms with Gasteiger partial charge in [0.2, 0.25) is 15.9 Å². The highest BCUT2D eigenvalue weighted by Gasteiger charge is 2.25. The topological polar surface area (TPSA) is 62.6 Å². The molecule has 0 N–H and O–H groups in total. The second-order valence-corrected chi connectivity index (χ2v) is 8.35. The van der Waals surface area contributed by atoms with Gasteiger partial charge in [0.1, 0.15) is 0 Å². The Labute approximate surface area is 140 Å². The van der Waals surface area contributed by atoms with E-state index in [1.54, 1.807) is 4.90 Å². The van der Waals surface area contributed by atoms with Crippen LogP contribution in [0.5, 0.6) is 0 Å². The zero-order valence-electron chi connectivity index (χ0n) is 13.0. The maximum absolute atomic E-state index is 12.3. The van der Waals surface area contributed by atoms with Gasteiger partial charge in [-0.2, -0.15) is 4.31 Å². The summed E-state index contributed by atoms with van der Waals surface area (Å²) in [6.45, 7) is 1.60. The number of sulfonamides is 1. The first kappa shape index (κ1) is 16.3. The van der Waals surface area contributed by atoms with Crippen molar-refractivity contribution < 1.29 is 13.2 Å². The number of hydrogen-bond acceptors (Lipinski definition) is 3. The van der Waals surface area contributed by atoms with Gasteiger partial charge in [-0.1, -0.05) is 11.6 Å². The SMILES string of the molecule is CN(CC(=O)N1CCn2c(cc3cc(Cl)ccc32)C1)S(C)(=O)=O. The van der Waals surface area contributed by atoms with Crippen LogP contribution in [0.3, 0.4) is 0 Å². The van der Waals surface area contributed by atoms with Crippen molar-refractivity contribution in [2.75, 3.05) is 26.4 Å². The van der Waals surface area contributed by atoms with Crippen molar-refractivity contribution in [1.29, 1.82) is 0 Å². The largest absolute Gasteiger partial charge is 0.341 e. The first-order chi connectivity index (χ1) is 10.8. The van der Waals surface area contributed by atoms with Gasteiger partial charge in [-0.25, -0.2) is 8.42 Å². The molecule has 2 heterocycles. The fourth-order valence-electron chi connectivity index (χ4n) is 2.81. The molecule has 8 heteroatoms. The summed E-state index contributed by atoms with van der Waals surface area (Å²) in [5.74, 6) is -0.188. The summed E-state index contributed by atoms with van der Waals surface area (Å²) in [5.41, 5.74) is 2.13. The van der Waals surface area contributed by atoms with E-state index in [1.807, 2.05) is 24.3 Å². The van der Waals surface area contributed by atoms with Gasteiger partial charge in [0, 0.05) is 41.8 Å². The Balaban J connectivity index is 1.80. The van der Waals surface area contributed by atoms with E-state index < -0.39 is 10.0 Å². The normalized spacial score (nSPS) is 15.2. The van der Waals surface area contributed by atoms with Gasteiger partial charge in [-0.3, -0.25) is 4.79 Å². The number of rotatable bonds is 3. The lowest BCUT2D eigenvalue weighted by molar-refractivity contribution is -0.132. The summed E-state index contributed by atoms with van der Waals surface area (Å²) in [5, 5.41) is 1.73. The van der Waals surface area contributed by atoms with Gasteiger partial charge in [-0.05, 0) is 24.3 Å². The predicted octanol–water partition coefficient (Wildman–Crippen LogP) is 1.53. The number of amides is 1. The molecule has 3 rings (SSSR count). The monoisotopic (exact) mass is 355 g/mol. The van der Waals surface area contributed by atoms with Gasteiger partial charge in [-0.15, -0.1) is 0 Å². The predicted molar refractivity (Wildman–Crippen MR) is 89.8 cm³/mol. The van der Waals surface area contributed by atoms with E-state index in [0.717, 1.165) is 27.2 Å².